The zero-order valence-corrected chi connectivity index (χ0v) is 14.5. The molecule has 2 aliphatic carbocycles. The number of rotatable bonds is 4. The zero-order chi connectivity index (χ0) is 14.9. The van der Waals surface area contributed by atoms with Crippen LogP contribution in [0.1, 0.15) is 65.2 Å². The first-order chi connectivity index (χ1) is 10.1. The first-order valence-electron chi connectivity index (χ1n) is 9.00. The first kappa shape index (κ1) is 16.1. The fourth-order valence-corrected chi connectivity index (χ4v) is 6.98. The van der Waals surface area contributed by atoms with Crippen molar-refractivity contribution in [1.82, 2.24) is 10.0 Å². The molecule has 4 heteroatoms. The van der Waals surface area contributed by atoms with Crippen LogP contribution in [0.4, 0.5) is 0 Å². The van der Waals surface area contributed by atoms with Gasteiger partial charge in [-0.25, -0.2) is 0 Å². The molecule has 2 bridgehead atoms. The van der Waals surface area contributed by atoms with Gasteiger partial charge in [-0.15, -0.1) is 4.72 Å². The van der Waals surface area contributed by atoms with Gasteiger partial charge < -0.3 is 9.87 Å². The van der Waals surface area contributed by atoms with Gasteiger partial charge in [-0.05, 0) is 69.4 Å². The van der Waals surface area contributed by atoms with E-state index in [1.807, 2.05) is 0 Å². The van der Waals surface area contributed by atoms with Gasteiger partial charge in [-0.1, -0.05) is 13.8 Å². The Labute approximate surface area is 133 Å². The summed E-state index contributed by atoms with van der Waals surface area (Å²) >= 11 is -0.861. The second-order valence-electron chi connectivity index (χ2n) is 7.90. The van der Waals surface area contributed by atoms with E-state index in [1.54, 1.807) is 0 Å². The molecule has 1 saturated heterocycles. The van der Waals surface area contributed by atoms with Crippen molar-refractivity contribution in [3.8, 4) is 0 Å². The predicted molar refractivity (Wildman–Crippen MR) is 89.4 cm³/mol. The SMILES string of the molecule is CCC1([S+]([O-])NC2CCNCC2)CC2CC(C)CC(C2)C1. The molecule has 3 unspecified atom stereocenters. The Morgan fingerprint density at radius 3 is 2.33 bits per heavy atom. The van der Waals surface area contributed by atoms with Crippen LogP contribution < -0.4 is 10.0 Å². The van der Waals surface area contributed by atoms with Crippen molar-refractivity contribution in [1.29, 1.82) is 0 Å². The van der Waals surface area contributed by atoms with Gasteiger partial charge in [0.15, 0.2) is 0 Å². The minimum atomic E-state index is -0.861. The zero-order valence-electron chi connectivity index (χ0n) is 13.7. The summed E-state index contributed by atoms with van der Waals surface area (Å²) in [6, 6.07) is 0.455. The number of hydrogen-bond donors (Lipinski definition) is 2. The molecule has 0 spiro atoms. The van der Waals surface area contributed by atoms with Gasteiger partial charge in [-0.3, -0.25) is 0 Å². The Kier molecular flexibility index (Phi) is 5.19. The highest BCUT2D eigenvalue weighted by Crippen LogP contribution is 2.50. The number of hydrogen-bond acceptors (Lipinski definition) is 3. The lowest BCUT2D eigenvalue weighted by atomic mass is 9.64. The van der Waals surface area contributed by atoms with E-state index in [9.17, 15) is 4.55 Å². The lowest BCUT2D eigenvalue weighted by Gasteiger charge is -2.48. The summed E-state index contributed by atoms with van der Waals surface area (Å²) in [5.41, 5.74) is 0. The van der Waals surface area contributed by atoms with Crippen LogP contribution in [0.2, 0.25) is 0 Å². The molecule has 2 saturated carbocycles. The molecule has 3 rings (SSSR count). The van der Waals surface area contributed by atoms with Crippen LogP contribution in [0, 0.1) is 17.8 Å². The van der Waals surface area contributed by atoms with Gasteiger partial charge in [0.25, 0.3) is 0 Å². The van der Waals surface area contributed by atoms with Crippen LogP contribution in [0.25, 0.3) is 0 Å². The molecule has 0 aromatic rings. The van der Waals surface area contributed by atoms with E-state index in [2.05, 4.69) is 23.9 Å². The summed E-state index contributed by atoms with van der Waals surface area (Å²) in [5, 5.41) is 3.39. The molecule has 0 aromatic carbocycles. The molecule has 1 heterocycles. The topological polar surface area (TPSA) is 47.1 Å². The smallest absolute Gasteiger partial charge is 0.145 e. The summed E-state index contributed by atoms with van der Waals surface area (Å²) in [6.07, 6.45) is 9.82. The Hall–Kier alpha value is 0.230. The van der Waals surface area contributed by atoms with Gasteiger partial charge in [0.05, 0.1) is 6.04 Å². The third kappa shape index (κ3) is 3.60. The van der Waals surface area contributed by atoms with Crippen molar-refractivity contribution >= 4 is 11.4 Å². The molecule has 0 aromatic heterocycles. The van der Waals surface area contributed by atoms with Crippen molar-refractivity contribution in [3.63, 3.8) is 0 Å². The monoisotopic (exact) mass is 312 g/mol. The average Bonchev–Trinajstić information content (AvgIpc) is 2.46. The quantitative estimate of drug-likeness (QED) is 0.785. The fraction of sp³-hybridized carbons (Fsp3) is 1.00. The minimum absolute atomic E-state index is 0.0542. The van der Waals surface area contributed by atoms with E-state index in [0.29, 0.717) is 6.04 Å². The molecular weight excluding hydrogens is 280 g/mol. The number of piperidine rings is 1. The lowest BCUT2D eigenvalue weighted by Crippen LogP contribution is -2.55. The highest BCUT2D eigenvalue weighted by atomic mass is 32.2. The lowest BCUT2D eigenvalue weighted by molar-refractivity contribution is 0.112. The highest BCUT2D eigenvalue weighted by Gasteiger charge is 2.50. The molecule has 122 valence electrons. The largest absolute Gasteiger partial charge is 0.598 e. The van der Waals surface area contributed by atoms with Crippen LogP contribution in [0.15, 0.2) is 0 Å². The fourth-order valence-electron chi connectivity index (χ4n) is 5.15. The summed E-state index contributed by atoms with van der Waals surface area (Å²) in [7, 11) is 0. The first-order valence-corrected chi connectivity index (χ1v) is 10.1. The maximum Gasteiger partial charge on any atom is 0.145 e. The molecular formula is C17H32N2OS. The summed E-state index contributed by atoms with van der Waals surface area (Å²) < 4.78 is 16.7. The van der Waals surface area contributed by atoms with E-state index < -0.39 is 11.4 Å². The van der Waals surface area contributed by atoms with Gasteiger partial charge >= 0.3 is 0 Å². The van der Waals surface area contributed by atoms with Crippen LogP contribution in [-0.2, 0) is 11.4 Å². The molecule has 2 N–H and O–H groups in total. The van der Waals surface area contributed by atoms with E-state index in [-0.39, 0.29) is 4.75 Å². The van der Waals surface area contributed by atoms with E-state index >= 15 is 0 Å². The average molecular weight is 313 g/mol. The molecule has 21 heavy (non-hydrogen) atoms. The Bertz CT molecular complexity index is 328. The Balaban J connectivity index is 1.65. The Morgan fingerprint density at radius 2 is 1.76 bits per heavy atom. The molecule has 0 radical (unpaired) electrons. The van der Waals surface area contributed by atoms with E-state index in [4.69, 9.17) is 0 Å². The van der Waals surface area contributed by atoms with Crippen molar-refractivity contribution in [2.24, 2.45) is 17.8 Å². The summed E-state index contributed by atoms with van der Waals surface area (Å²) in [6.45, 7) is 6.79. The van der Waals surface area contributed by atoms with E-state index in [0.717, 1.165) is 50.1 Å². The standard InChI is InChI=1S/C17H32N2OS/c1-3-17(21(20)19-16-4-6-18-7-5-16)11-14-8-13(2)9-15(10-14)12-17/h13-16,18-19H,3-12H2,1-2H3. The third-order valence-electron chi connectivity index (χ3n) is 6.11. The van der Waals surface area contributed by atoms with Gasteiger partial charge in [-0.2, -0.15) is 0 Å². The molecule has 3 aliphatic rings. The van der Waals surface area contributed by atoms with Gasteiger partial charge in [0.2, 0.25) is 0 Å². The molecule has 1 aliphatic heterocycles. The third-order valence-corrected chi connectivity index (χ3v) is 8.07. The second-order valence-corrected chi connectivity index (χ2v) is 9.54. The predicted octanol–water partition coefficient (Wildman–Crippen LogP) is 2.99. The second kappa shape index (κ2) is 6.77. The van der Waals surface area contributed by atoms with Crippen LogP contribution in [0.5, 0.6) is 0 Å². The molecule has 3 nitrogen and oxygen atoms in total. The van der Waals surface area contributed by atoms with Gasteiger partial charge in [0, 0.05) is 24.2 Å². The summed E-state index contributed by atoms with van der Waals surface area (Å²) in [5.74, 6) is 2.53. The van der Waals surface area contributed by atoms with Crippen LogP contribution in [-0.4, -0.2) is 28.4 Å². The maximum absolute atomic E-state index is 13.1. The van der Waals surface area contributed by atoms with Crippen LogP contribution in [0.3, 0.4) is 0 Å². The maximum atomic E-state index is 13.1. The highest BCUT2D eigenvalue weighted by molar-refractivity contribution is 7.90. The normalized spacial score (nSPS) is 42.7. The molecule has 3 fully saturated rings. The van der Waals surface area contributed by atoms with E-state index in [1.165, 1.54) is 32.1 Å². The van der Waals surface area contributed by atoms with Crippen molar-refractivity contribution in [2.75, 3.05) is 13.1 Å². The Morgan fingerprint density at radius 1 is 1.14 bits per heavy atom. The van der Waals surface area contributed by atoms with Crippen molar-refractivity contribution < 1.29 is 4.55 Å². The number of nitrogens with one attached hydrogen (secondary N) is 2. The van der Waals surface area contributed by atoms with Crippen LogP contribution >= 0.6 is 0 Å². The van der Waals surface area contributed by atoms with Crippen molar-refractivity contribution in [2.45, 2.75) is 76.0 Å². The molecule has 0 amide bonds. The molecule has 3 atom stereocenters. The van der Waals surface area contributed by atoms with Gasteiger partial charge in [0.1, 0.15) is 4.75 Å². The van der Waals surface area contributed by atoms with Crippen molar-refractivity contribution in [3.05, 3.63) is 0 Å². The summed E-state index contributed by atoms with van der Waals surface area (Å²) in [4.78, 5) is 0. The number of fused-ring (bicyclic) bond motifs is 2. The minimum Gasteiger partial charge on any atom is -0.598 e.